The molecule has 0 spiro atoms. The highest BCUT2D eigenvalue weighted by Crippen LogP contribution is 2.36. The SMILES string of the molecule is CCOC(=O)c1ccc(N2C(=O)/C(=C\c3ccc(OC)c(OC)c3)C(C(=O)OC)=C2C)cc1. The Morgan fingerprint density at radius 1 is 0.939 bits per heavy atom. The van der Waals surface area contributed by atoms with E-state index in [1.165, 1.54) is 26.2 Å². The van der Waals surface area contributed by atoms with Gasteiger partial charge in [0.1, 0.15) is 0 Å². The molecule has 3 rings (SSSR count). The second-order valence-electron chi connectivity index (χ2n) is 7.03. The molecule has 8 heteroatoms. The minimum Gasteiger partial charge on any atom is -0.493 e. The summed E-state index contributed by atoms with van der Waals surface area (Å²) in [5, 5.41) is 0. The molecule has 172 valence electrons. The van der Waals surface area contributed by atoms with E-state index in [-0.39, 0.29) is 17.8 Å². The maximum absolute atomic E-state index is 13.4. The first-order valence-electron chi connectivity index (χ1n) is 10.2. The van der Waals surface area contributed by atoms with E-state index in [9.17, 15) is 14.4 Å². The van der Waals surface area contributed by atoms with Gasteiger partial charge in [-0.1, -0.05) is 6.07 Å². The molecule has 1 heterocycles. The summed E-state index contributed by atoms with van der Waals surface area (Å²) in [5.74, 6) is -0.442. The number of benzene rings is 2. The highest BCUT2D eigenvalue weighted by Gasteiger charge is 2.38. The predicted molar refractivity (Wildman–Crippen MR) is 122 cm³/mol. The normalized spacial score (nSPS) is 14.5. The summed E-state index contributed by atoms with van der Waals surface area (Å²) < 4.78 is 20.5. The minimum absolute atomic E-state index is 0.159. The van der Waals surface area contributed by atoms with Gasteiger partial charge in [-0.2, -0.15) is 0 Å². The minimum atomic E-state index is -0.627. The average Bonchev–Trinajstić information content (AvgIpc) is 3.07. The van der Waals surface area contributed by atoms with Gasteiger partial charge in [-0.15, -0.1) is 0 Å². The van der Waals surface area contributed by atoms with Crippen molar-refractivity contribution in [1.82, 2.24) is 0 Å². The van der Waals surface area contributed by atoms with Gasteiger partial charge in [0, 0.05) is 11.4 Å². The van der Waals surface area contributed by atoms with Crippen molar-refractivity contribution in [2.24, 2.45) is 0 Å². The number of carbonyl (C=O) groups is 3. The van der Waals surface area contributed by atoms with Crippen LogP contribution in [0.4, 0.5) is 5.69 Å². The zero-order valence-corrected chi connectivity index (χ0v) is 19.1. The number of amides is 1. The second-order valence-corrected chi connectivity index (χ2v) is 7.03. The van der Waals surface area contributed by atoms with Gasteiger partial charge < -0.3 is 18.9 Å². The molecule has 1 aliphatic rings. The molecule has 8 nitrogen and oxygen atoms in total. The van der Waals surface area contributed by atoms with Crippen LogP contribution in [0, 0.1) is 0 Å². The van der Waals surface area contributed by atoms with Crippen molar-refractivity contribution in [3.05, 3.63) is 70.4 Å². The molecule has 1 aliphatic heterocycles. The zero-order valence-electron chi connectivity index (χ0n) is 19.1. The molecule has 0 N–H and O–H groups in total. The van der Waals surface area contributed by atoms with Gasteiger partial charge in [0.15, 0.2) is 11.5 Å². The Balaban J connectivity index is 2.05. The van der Waals surface area contributed by atoms with Crippen molar-refractivity contribution in [2.75, 3.05) is 32.8 Å². The number of allylic oxidation sites excluding steroid dienone is 1. The molecular formula is C25H25NO7. The molecule has 0 aliphatic carbocycles. The first-order valence-corrected chi connectivity index (χ1v) is 10.2. The van der Waals surface area contributed by atoms with E-state index in [0.29, 0.717) is 34.0 Å². The first-order chi connectivity index (χ1) is 15.9. The van der Waals surface area contributed by atoms with E-state index < -0.39 is 17.8 Å². The average molecular weight is 451 g/mol. The molecular weight excluding hydrogens is 426 g/mol. The summed E-state index contributed by atoms with van der Waals surface area (Å²) >= 11 is 0. The van der Waals surface area contributed by atoms with Gasteiger partial charge in [-0.05, 0) is 61.9 Å². The van der Waals surface area contributed by atoms with Gasteiger partial charge >= 0.3 is 11.9 Å². The van der Waals surface area contributed by atoms with E-state index in [1.54, 1.807) is 62.4 Å². The molecule has 0 radical (unpaired) electrons. The zero-order chi connectivity index (χ0) is 24.1. The van der Waals surface area contributed by atoms with Crippen molar-refractivity contribution in [3.63, 3.8) is 0 Å². The second kappa shape index (κ2) is 10.0. The van der Waals surface area contributed by atoms with Crippen LogP contribution in [0.2, 0.25) is 0 Å². The van der Waals surface area contributed by atoms with Crippen LogP contribution in [0.3, 0.4) is 0 Å². The van der Waals surface area contributed by atoms with E-state index in [2.05, 4.69) is 0 Å². The number of anilines is 1. The molecule has 0 unspecified atom stereocenters. The molecule has 33 heavy (non-hydrogen) atoms. The number of methoxy groups -OCH3 is 3. The van der Waals surface area contributed by atoms with Crippen molar-refractivity contribution >= 4 is 29.6 Å². The van der Waals surface area contributed by atoms with Crippen molar-refractivity contribution in [1.29, 1.82) is 0 Å². The van der Waals surface area contributed by atoms with Gasteiger partial charge in [-0.25, -0.2) is 9.59 Å². The molecule has 2 aromatic carbocycles. The largest absolute Gasteiger partial charge is 0.493 e. The Morgan fingerprint density at radius 2 is 1.61 bits per heavy atom. The Morgan fingerprint density at radius 3 is 2.18 bits per heavy atom. The Hall–Kier alpha value is -4.07. The standard InChI is InChI=1S/C25H25NO7/c1-6-33-24(28)17-8-10-18(11-9-17)26-15(2)22(25(29)32-5)19(23(26)27)13-16-7-12-20(30-3)21(14-16)31-4/h7-14H,6H2,1-5H3/b19-13-. The number of esters is 2. The Kier molecular flexibility index (Phi) is 7.17. The quantitative estimate of drug-likeness (QED) is 0.468. The maximum Gasteiger partial charge on any atom is 0.340 e. The number of carbonyl (C=O) groups excluding carboxylic acids is 3. The lowest BCUT2D eigenvalue weighted by atomic mass is 10.0. The fraction of sp³-hybridized carbons (Fsp3) is 0.240. The van der Waals surface area contributed by atoms with E-state index >= 15 is 0 Å². The predicted octanol–water partition coefficient (Wildman–Crippen LogP) is 3.76. The van der Waals surface area contributed by atoms with E-state index in [4.69, 9.17) is 18.9 Å². The van der Waals surface area contributed by atoms with Crippen LogP contribution < -0.4 is 14.4 Å². The number of ether oxygens (including phenoxy) is 4. The molecule has 0 fully saturated rings. The van der Waals surface area contributed by atoms with Crippen LogP contribution in [0.1, 0.15) is 29.8 Å². The van der Waals surface area contributed by atoms with Gasteiger partial charge in [0.2, 0.25) is 0 Å². The summed E-state index contributed by atoms with van der Waals surface area (Å²) in [6.45, 7) is 3.66. The van der Waals surface area contributed by atoms with Crippen molar-refractivity contribution in [3.8, 4) is 11.5 Å². The Labute approximate surface area is 192 Å². The summed E-state index contributed by atoms with van der Waals surface area (Å²) in [7, 11) is 4.31. The van der Waals surface area contributed by atoms with Crippen LogP contribution >= 0.6 is 0 Å². The summed E-state index contributed by atoms with van der Waals surface area (Å²) in [4.78, 5) is 39.3. The third kappa shape index (κ3) is 4.59. The fourth-order valence-electron chi connectivity index (χ4n) is 3.56. The molecule has 0 saturated carbocycles. The lowest BCUT2D eigenvalue weighted by Crippen LogP contribution is -2.24. The number of hydrogen-bond acceptors (Lipinski definition) is 7. The third-order valence-corrected chi connectivity index (χ3v) is 5.14. The monoisotopic (exact) mass is 451 g/mol. The molecule has 0 bridgehead atoms. The number of rotatable bonds is 7. The van der Waals surface area contributed by atoms with Crippen molar-refractivity contribution < 1.29 is 33.3 Å². The van der Waals surface area contributed by atoms with E-state index in [1.807, 2.05) is 0 Å². The Bertz CT molecular complexity index is 1150. The van der Waals surface area contributed by atoms with Gasteiger partial charge in [0.25, 0.3) is 5.91 Å². The van der Waals surface area contributed by atoms with E-state index in [0.717, 1.165) is 0 Å². The summed E-state index contributed by atoms with van der Waals surface area (Å²) in [6, 6.07) is 11.6. The third-order valence-electron chi connectivity index (χ3n) is 5.14. The topological polar surface area (TPSA) is 91.4 Å². The van der Waals surface area contributed by atoms with Crippen LogP contribution in [0.25, 0.3) is 6.08 Å². The van der Waals surface area contributed by atoms with Crippen LogP contribution in [0.15, 0.2) is 59.3 Å². The summed E-state index contributed by atoms with van der Waals surface area (Å²) in [6.07, 6.45) is 1.60. The smallest absolute Gasteiger partial charge is 0.340 e. The van der Waals surface area contributed by atoms with Crippen LogP contribution in [0.5, 0.6) is 11.5 Å². The molecule has 1 amide bonds. The van der Waals surface area contributed by atoms with Crippen molar-refractivity contribution in [2.45, 2.75) is 13.8 Å². The van der Waals surface area contributed by atoms with Gasteiger partial charge in [0.05, 0.1) is 44.6 Å². The summed E-state index contributed by atoms with van der Waals surface area (Å²) in [5.41, 5.74) is 2.27. The molecule has 2 aromatic rings. The lowest BCUT2D eigenvalue weighted by molar-refractivity contribution is -0.136. The maximum atomic E-state index is 13.4. The van der Waals surface area contributed by atoms with Gasteiger partial charge in [-0.3, -0.25) is 9.69 Å². The number of nitrogens with zero attached hydrogens (tertiary/aromatic N) is 1. The number of hydrogen-bond donors (Lipinski definition) is 0. The lowest BCUT2D eigenvalue weighted by Gasteiger charge is -2.18. The fourth-order valence-corrected chi connectivity index (χ4v) is 3.56. The molecule has 0 aromatic heterocycles. The van der Waals surface area contributed by atoms with Crippen LogP contribution in [-0.2, 0) is 19.1 Å². The van der Waals surface area contributed by atoms with Crippen LogP contribution in [-0.4, -0.2) is 45.8 Å². The highest BCUT2D eigenvalue weighted by molar-refractivity contribution is 6.23. The first kappa shape index (κ1) is 23.6. The highest BCUT2D eigenvalue weighted by atomic mass is 16.5. The molecule has 0 saturated heterocycles. The molecule has 0 atom stereocenters.